The molecule has 6 heteroatoms. The highest BCUT2D eigenvalue weighted by molar-refractivity contribution is 7.80. The number of hydrogen-bond donors (Lipinski definition) is 2. The molecule has 106 valence electrons. The summed E-state index contributed by atoms with van der Waals surface area (Å²) in [5, 5.41) is 12.0. The SMILES string of the molecule is SCCc1cccc(-c2nnnn2-c2cccc(S)c2)c1. The first-order chi connectivity index (χ1) is 10.3. The molecule has 4 nitrogen and oxygen atoms in total. The van der Waals surface area contributed by atoms with E-state index in [0.717, 1.165) is 34.1 Å². The Hall–Kier alpha value is -1.79. The molecule has 0 atom stereocenters. The minimum atomic E-state index is 0.718. The standard InChI is InChI=1S/C15H14N4S2/c20-8-7-11-3-1-4-12(9-11)15-16-17-18-19(15)13-5-2-6-14(21)10-13/h1-6,9-10,20-21H,7-8H2. The minimum Gasteiger partial charge on any atom is -0.193 e. The van der Waals surface area contributed by atoms with Crippen molar-refractivity contribution in [3.63, 3.8) is 0 Å². The molecule has 3 aromatic rings. The first-order valence-corrected chi connectivity index (χ1v) is 7.64. The van der Waals surface area contributed by atoms with Crippen LogP contribution < -0.4 is 0 Å². The minimum absolute atomic E-state index is 0.718. The van der Waals surface area contributed by atoms with Crippen LogP contribution in [0, 0.1) is 0 Å². The van der Waals surface area contributed by atoms with Gasteiger partial charge in [0.05, 0.1) is 5.69 Å². The molecule has 0 aliphatic rings. The van der Waals surface area contributed by atoms with Crippen LogP contribution in [0.15, 0.2) is 53.4 Å². The van der Waals surface area contributed by atoms with Gasteiger partial charge in [0.15, 0.2) is 5.82 Å². The van der Waals surface area contributed by atoms with E-state index in [2.05, 4.69) is 52.9 Å². The zero-order chi connectivity index (χ0) is 14.7. The van der Waals surface area contributed by atoms with Crippen LogP contribution in [-0.4, -0.2) is 26.0 Å². The summed E-state index contributed by atoms with van der Waals surface area (Å²) in [6.45, 7) is 0. The van der Waals surface area contributed by atoms with Crippen molar-refractivity contribution < 1.29 is 0 Å². The van der Waals surface area contributed by atoms with E-state index in [9.17, 15) is 0 Å². The number of benzene rings is 2. The molecular weight excluding hydrogens is 300 g/mol. The van der Waals surface area contributed by atoms with Gasteiger partial charge in [-0.05, 0) is 52.4 Å². The highest BCUT2D eigenvalue weighted by Crippen LogP contribution is 2.22. The van der Waals surface area contributed by atoms with Crippen LogP contribution in [0.1, 0.15) is 5.56 Å². The van der Waals surface area contributed by atoms with Crippen molar-refractivity contribution in [2.45, 2.75) is 11.3 Å². The summed E-state index contributed by atoms with van der Waals surface area (Å²) >= 11 is 8.64. The van der Waals surface area contributed by atoms with Crippen LogP contribution in [0.4, 0.5) is 0 Å². The molecule has 2 aromatic carbocycles. The van der Waals surface area contributed by atoms with Crippen molar-refractivity contribution in [1.82, 2.24) is 20.2 Å². The lowest BCUT2D eigenvalue weighted by Crippen LogP contribution is -2.00. The quantitative estimate of drug-likeness (QED) is 0.727. The molecule has 0 aliphatic carbocycles. The molecule has 0 fully saturated rings. The van der Waals surface area contributed by atoms with Gasteiger partial charge in [-0.25, -0.2) is 0 Å². The van der Waals surface area contributed by atoms with Gasteiger partial charge in [0, 0.05) is 10.5 Å². The van der Waals surface area contributed by atoms with Crippen LogP contribution in [-0.2, 0) is 6.42 Å². The lowest BCUT2D eigenvalue weighted by atomic mass is 10.1. The van der Waals surface area contributed by atoms with Gasteiger partial charge in [0.1, 0.15) is 0 Å². The number of aryl methyl sites for hydroxylation is 1. The molecule has 0 N–H and O–H groups in total. The Bertz CT molecular complexity index is 755. The fourth-order valence-corrected chi connectivity index (χ4v) is 2.64. The van der Waals surface area contributed by atoms with E-state index in [1.165, 1.54) is 5.56 Å². The van der Waals surface area contributed by atoms with Crippen molar-refractivity contribution in [2.75, 3.05) is 5.75 Å². The van der Waals surface area contributed by atoms with Crippen molar-refractivity contribution in [3.05, 3.63) is 54.1 Å². The van der Waals surface area contributed by atoms with Crippen LogP contribution in [0.3, 0.4) is 0 Å². The van der Waals surface area contributed by atoms with E-state index < -0.39 is 0 Å². The molecule has 21 heavy (non-hydrogen) atoms. The van der Waals surface area contributed by atoms with Gasteiger partial charge in [0.2, 0.25) is 0 Å². The van der Waals surface area contributed by atoms with Gasteiger partial charge in [0.25, 0.3) is 0 Å². The Morgan fingerprint density at radius 3 is 2.71 bits per heavy atom. The predicted octanol–water partition coefficient (Wildman–Crippen LogP) is 3.09. The van der Waals surface area contributed by atoms with Crippen molar-refractivity contribution >= 4 is 25.3 Å². The second-order valence-electron chi connectivity index (χ2n) is 4.61. The van der Waals surface area contributed by atoms with E-state index in [-0.39, 0.29) is 0 Å². The Morgan fingerprint density at radius 2 is 1.90 bits per heavy atom. The van der Waals surface area contributed by atoms with Gasteiger partial charge in [-0.1, -0.05) is 24.3 Å². The molecule has 0 saturated heterocycles. The van der Waals surface area contributed by atoms with E-state index >= 15 is 0 Å². The van der Waals surface area contributed by atoms with Gasteiger partial charge < -0.3 is 0 Å². The fourth-order valence-electron chi connectivity index (χ4n) is 2.16. The second-order valence-corrected chi connectivity index (χ2v) is 5.57. The topological polar surface area (TPSA) is 43.6 Å². The third-order valence-electron chi connectivity index (χ3n) is 3.13. The maximum absolute atomic E-state index is 4.36. The normalized spacial score (nSPS) is 10.8. The molecule has 0 radical (unpaired) electrons. The van der Waals surface area contributed by atoms with Gasteiger partial charge in [-0.3, -0.25) is 0 Å². The van der Waals surface area contributed by atoms with E-state index in [1.54, 1.807) is 4.68 Å². The van der Waals surface area contributed by atoms with Crippen LogP contribution in [0.25, 0.3) is 17.1 Å². The largest absolute Gasteiger partial charge is 0.193 e. The highest BCUT2D eigenvalue weighted by atomic mass is 32.1. The average Bonchev–Trinajstić information content (AvgIpc) is 2.97. The van der Waals surface area contributed by atoms with Crippen molar-refractivity contribution in [1.29, 1.82) is 0 Å². The van der Waals surface area contributed by atoms with E-state index in [0.29, 0.717) is 0 Å². The molecule has 0 bridgehead atoms. The Labute approximate surface area is 134 Å². The summed E-state index contributed by atoms with van der Waals surface area (Å²) in [5.74, 6) is 1.53. The fraction of sp³-hybridized carbons (Fsp3) is 0.133. The number of hydrogen-bond acceptors (Lipinski definition) is 5. The van der Waals surface area contributed by atoms with Crippen LogP contribution in [0.2, 0.25) is 0 Å². The molecule has 0 amide bonds. The van der Waals surface area contributed by atoms with E-state index in [4.69, 9.17) is 0 Å². The zero-order valence-corrected chi connectivity index (χ0v) is 13.0. The number of aromatic nitrogens is 4. The number of tetrazole rings is 1. The highest BCUT2D eigenvalue weighted by Gasteiger charge is 2.11. The third kappa shape index (κ3) is 3.11. The first-order valence-electron chi connectivity index (χ1n) is 6.56. The number of rotatable bonds is 4. The van der Waals surface area contributed by atoms with Gasteiger partial charge in [-0.15, -0.1) is 17.7 Å². The summed E-state index contributed by atoms with van der Waals surface area (Å²) in [5.41, 5.74) is 3.10. The first kappa shape index (κ1) is 14.2. The average molecular weight is 314 g/mol. The summed E-state index contributed by atoms with van der Waals surface area (Å²) in [4.78, 5) is 0.873. The summed E-state index contributed by atoms with van der Waals surface area (Å²) in [6, 6.07) is 15.9. The Kier molecular flexibility index (Phi) is 4.26. The number of thiol groups is 2. The maximum atomic E-state index is 4.36. The molecule has 1 heterocycles. The third-order valence-corrected chi connectivity index (χ3v) is 3.63. The molecule has 1 aromatic heterocycles. The van der Waals surface area contributed by atoms with Gasteiger partial charge >= 0.3 is 0 Å². The summed E-state index contributed by atoms with van der Waals surface area (Å²) < 4.78 is 1.72. The lowest BCUT2D eigenvalue weighted by Gasteiger charge is -2.06. The predicted molar refractivity (Wildman–Crippen MR) is 89.4 cm³/mol. The smallest absolute Gasteiger partial charge is 0.187 e. The second kappa shape index (κ2) is 6.32. The molecule has 3 rings (SSSR count). The van der Waals surface area contributed by atoms with E-state index in [1.807, 2.05) is 36.4 Å². The molecule has 0 saturated carbocycles. The molecule has 0 spiro atoms. The Balaban J connectivity index is 2.05. The van der Waals surface area contributed by atoms with Crippen molar-refractivity contribution in [2.24, 2.45) is 0 Å². The lowest BCUT2D eigenvalue weighted by molar-refractivity contribution is 0.789. The van der Waals surface area contributed by atoms with Crippen molar-refractivity contribution in [3.8, 4) is 17.1 Å². The van der Waals surface area contributed by atoms with Gasteiger partial charge in [-0.2, -0.15) is 17.3 Å². The summed E-state index contributed by atoms with van der Waals surface area (Å²) in [6.07, 6.45) is 0.921. The maximum Gasteiger partial charge on any atom is 0.187 e. The van der Waals surface area contributed by atoms with Crippen LogP contribution in [0.5, 0.6) is 0 Å². The Morgan fingerprint density at radius 1 is 1.05 bits per heavy atom. The molecular formula is C15H14N4S2. The summed E-state index contributed by atoms with van der Waals surface area (Å²) in [7, 11) is 0. The molecule has 0 aliphatic heterocycles. The van der Waals surface area contributed by atoms with Crippen LogP contribution >= 0.6 is 25.3 Å². The zero-order valence-electron chi connectivity index (χ0n) is 11.2. The number of nitrogens with zero attached hydrogens (tertiary/aromatic N) is 4. The molecule has 0 unspecified atom stereocenters. The monoisotopic (exact) mass is 314 g/mol.